The van der Waals surface area contributed by atoms with Crippen LogP contribution in [0.1, 0.15) is 16.9 Å². The van der Waals surface area contributed by atoms with Crippen molar-refractivity contribution in [2.45, 2.75) is 13.0 Å². The molecule has 1 fully saturated rings. The van der Waals surface area contributed by atoms with Gasteiger partial charge in [-0.3, -0.25) is 14.7 Å². The molecule has 1 aromatic carbocycles. The van der Waals surface area contributed by atoms with Gasteiger partial charge in [-0.05, 0) is 22.9 Å². The lowest BCUT2D eigenvalue weighted by molar-refractivity contribution is -0.131. The molecule has 2 amide bonds. The fraction of sp³-hybridized carbons (Fsp3) is 0.333. The monoisotopic (exact) mass is 380 g/mol. The van der Waals surface area contributed by atoms with Gasteiger partial charge >= 0.3 is 0 Å². The number of tetrazole rings is 1. The average molecular weight is 380 g/mol. The zero-order valence-corrected chi connectivity index (χ0v) is 15.2. The Morgan fingerprint density at radius 1 is 1.04 bits per heavy atom. The predicted molar refractivity (Wildman–Crippen MR) is 98.9 cm³/mol. The number of benzene rings is 1. The molecule has 3 aromatic rings. The van der Waals surface area contributed by atoms with Gasteiger partial charge in [0.1, 0.15) is 18.6 Å². The van der Waals surface area contributed by atoms with Crippen molar-refractivity contribution in [1.82, 2.24) is 40.2 Å². The standard InChI is InChI=1S/C18H20N8O2/c27-17(12-26-13-19-22-23-26)24-7-4-8-25(10-9-24)18(28)16-11-15(20-21-16)14-5-2-1-3-6-14/h1-3,5-6,11,13H,4,7-10,12H2,(H,20,21). The molecule has 10 nitrogen and oxygen atoms in total. The summed E-state index contributed by atoms with van der Waals surface area (Å²) in [5.41, 5.74) is 2.14. The van der Waals surface area contributed by atoms with E-state index in [0.717, 1.165) is 11.3 Å². The number of aromatic amines is 1. The average Bonchev–Trinajstić information content (AvgIpc) is 3.35. The smallest absolute Gasteiger partial charge is 0.271 e. The van der Waals surface area contributed by atoms with E-state index in [-0.39, 0.29) is 18.4 Å². The first-order chi connectivity index (χ1) is 13.7. The topological polar surface area (TPSA) is 113 Å². The summed E-state index contributed by atoms with van der Waals surface area (Å²) in [5, 5.41) is 17.9. The second-order valence-corrected chi connectivity index (χ2v) is 6.57. The normalized spacial score (nSPS) is 14.7. The molecule has 2 aromatic heterocycles. The molecule has 0 bridgehead atoms. The molecule has 4 rings (SSSR count). The van der Waals surface area contributed by atoms with Crippen LogP contribution < -0.4 is 0 Å². The fourth-order valence-electron chi connectivity index (χ4n) is 3.22. The van der Waals surface area contributed by atoms with Gasteiger partial charge in [0.15, 0.2) is 0 Å². The SMILES string of the molecule is O=C(Cn1cnnn1)N1CCCN(C(=O)c2cc(-c3ccccc3)n[nH]2)CC1. The zero-order valence-electron chi connectivity index (χ0n) is 15.2. The lowest BCUT2D eigenvalue weighted by Crippen LogP contribution is -2.38. The van der Waals surface area contributed by atoms with Gasteiger partial charge in [-0.25, -0.2) is 4.68 Å². The number of amides is 2. The van der Waals surface area contributed by atoms with Crippen LogP contribution in [0.2, 0.25) is 0 Å². The van der Waals surface area contributed by atoms with E-state index >= 15 is 0 Å². The summed E-state index contributed by atoms with van der Waals surface area (Å²) < 4.78 is 1.39. The van der Waals surface area contributed by atoms with Crippen molar-refractivity contribution >= 4 is 11.8 Å². The third kappa shape index (κ3) is 3.90. The van der Waals surface area contributed by atoms with Crippen molar-refractivity contribution in [2.24, 2.45) is 0 Å². The number of aromatic nitrogens is 6. The second kappa shape index (κ2) is 7.99. The Labute approximate surface area is 161 Å². The maximum absolute atomic E-state index is 12.9. The van der Waals surface area contributed by atoms with Crippen LogP contribution in [0.4, 0.5) is 0 Å². The molecule has 10 heteroatoms. The number of hydrogen-bond donors (Lipinski definition) is 1. The number of nitrogens with one attached hydrogen (secondary N) is 1. The van der Waals surface area contributed by atoms with E-state index < -0.39 is 0 Å². The number of H-pyrrole nitrogens is 1. The molecule has 0 aliphatic carbocycles. The highest BCUT2D eigenvalue weighted by Gasteiger charge is 2.24. The molecule has 1 aliphatic rings. The summed E-state index contributed by atoms with van der Waals surface area (Å²) in [6, 6.07) is 11.5. The highest BCUT2D eigenvalue weighted by molar-refractivity contribution is 5.93. The summed E-state index contributed by atoms with van der Waals surface area (Å²) in [5.74, 6) is -0.168. The summed E-state index contributed by atoms with van der Waals surface area (Å²) >= 11 is 0. The Morgan fingerprint density at radius 2 is 1.82 bits per heavy atom. The van der Waals surface area contributed by atoms with E-state index in [9.17, 15) is 9.59 Å². The lowest BCUT2D eigenvalue weighted by atomic mass is 10.1. The number of rotatable bonds is 4. The quantitative estimate of drug-likeness (QED) is 0.703. The molecule has 0 unspecified atom stereocenters. The van der Waals surface area contributed by atoms with Gasteiger partial charge in [0.05, 0.1) is 5.69 Å². The van der Waals surface area contributed by atoms with Crippen LogP contribution in [0, 0.1) is 0 Å². The molecule has 144 valence electrons. The lowest BCUT2D eigenvalue weighted by Gasteiger charge is -2.21. The first kappa shape index (κ1) is 17.8. The van der Waals surface area contributed by atoms with Crippen LogP contribution in [0.3, 0.4) is 0 Å². The molecule has 1 aliphatic heterocycles. The van der Waals surface area contributed by atoms with Crippen LogP contribution in [0.25, 0.3) is 11.3 Å². The van der Waals surface area contributed by atoms with Crippen molar-refractivity contribution in [3.05, 3.63) is 48.4 Å². The molecule has 0 saturated carbocycles. The number of hydrogen-bond acceptors (Lipinski definition) is 6. The Bertz CT molecular complexity index is 938. The van der Waals surface area contributed by atoms with Gasteiger partial charge in [-0.15, -0.1) is 5.10 Å². The predicted octanol–water partition coefficient (Wildman–Crippen LogP) is 0.438. The third-order valence-corrected chi connectivity index (χ3v) is 4.70. The highest BCUT2D eigenvalue weighted by Crippen LogP contribution is 2.18. The van der Waals surface area contributed by atoms with Crippen molar-refractivity contribution in [1.29, 1.82) is 0 Å². The van der Waals surface area contributed by atoms with Crippen molar-refractivity contribution in [2.75, 3.05) is 26.2 Å². The van der Waals surface area contributed by atoms with Crippen LogP contribution in [0.5, 0.6) is 0 Å². The number of nitrogens with zero attached hydrogens (tertiary/aromatic N) is 7. The van der Waals surface area contributed by atoms with Crippen LogP contribution in [0.15, 0.2) is 42.7 Å². The van der Waals surface area contributed by atoms with Gasteiger partial charge in [0, 0.05) is 31.7 Å². The molecule has 0 radical (unpaired) electrons. The van der Waals surface area contributed by atoms with E-state index in [1.807, 2.05) is 30.3 Å². The molecular weight excluding hydrogens is 360 g/mol. The van der Waals surface area contributed by atoms with Gasteiger partial charge in [0.2, 0.25) is 5.91 Å². The van der Waals surface area contributed by atoms with Gasteiger partial charge in [-0.2, -0.15) is 5.10 Å². The maximum atomic E-state index is 12.9. The van der Waals surface area contributed by atoms with E-state index in [4.69, 9.17) is 0 Å². The van der Waals surface area contributed by atoms with E-state index in [0.29, 0.717) is 38.3 Å². The first-order valence-electron chi connectivity index (χ1n) is 9.09. The van der Waals surface area contributed by atoms with Gasteiger partial charge in [-0.1, -0.05) is 30.3 Å². The largest absolute Gasteiger partial charge is 0.339 e. The maximum Gasteiger partial charge on any atom is 0.271 e. The van der Waals surface area contributed by atoms with Crippen molar-refractivity contribution in [3.63, 3.8) is 0 Å². The van der Waals surface area contributed by atoms with E-state index in [1.54, 1.807) is 15.9 Å². The highest BCUT2D eigenvalue weighted by atomic mass is 16.2. The number of carbonyl (C=O) groups excluding carboxylic acids is 2. The minimum Gasteiger partial charge on any atom is -0.339 e. The molecule has 1 N–H and O–H groups in total. The Morgan fingerprint density at radius 3 is 2.61 bits per heavy atom. The Kier molecular flexibility index (Phi) is 5.09. The first-order valence-corrected chi connectivity index (χ1v) is 9.09. The summed E-state index contributed by atoms with van der Waals surface area (Å²) in [6.45, 7) is 2.24. The Hall–Kier alpha value is -3.56. The van der Waals surface area contributed by atoms with Crippen molar-refractivity contribution < 1.29 is 9.59 Å². The molecular formula is C18H20N8O2. The van der Waals surface area contributed by atoms with E-state index in [1.165, 1.54) is 11.0 Å². The molecule has 3 heterocycles. The minimum absolute atomic E-state index is 0.0606. The summed E-state index contributed by atoms with van der Waals surface area (Å²) in [4.78, 5) is 28.8. The second-order valence-electron chi connectivity index (χ2n) is 6.57. The van der Waals surface area contributed by atoms with E-state index in [2.05, 4.69) is 25.7 Å². The summed E-state index contributed by atoms with van der Waals surface area (Å²) in [7, 11) is 0. The zero-order chi connectivity index (χ0) is 19.3. The van der Waals surface area contributed by atoms with Crippen LogP contribution >= 0.6 is 0 Å². The van der Waals surface area contributed by atoms with Crippen LogP contribution in [-0.4, -0.2) is 78.2 Å². The molecule has 0 spiro atoms. The summed E-state index contributed by atoms with van der Waals surface area (Å²) in [6.07, 6.45) is 2.13. The van der Waals surface area contributed by atoms with Crippen molar-refractivity contribution in [3.8, 4) is 11.3 Å². The fourth-order valence-corrected chi connectivity index (χ4v) is 3.22. The molecule has 0 atom stereocenters. The molecule has 28 heavy (non-hydrogen) atoms. The van der Waals surface area contributed by atoms with Crippen LogP contribution in [-0.2, 0) is 11.3 Å². The number of carbonyl (C=O) groups is 2. The minimum atomic E-state index is -0.107. The third-order valence-electron chi connectivity index (χ3n) is 4.70. The molecule has 1 saturated heterocycles. The van der Waals surface area contributed by atoms with Gasteiger partial charge < -0.3 is 9.80 Å². The van der Waals surface area contributed by atoms with Gasteiger partial charge in [0.25, 0.3) is 5.91 Å². The Balaban J connectivity index is 1.38.